The molecular weight excluding hydrogens is 397 g/mol. The highest BCUT2D eigenvalue weighted by molar-refractivity contribution is 6.04. The van der Waals surface area contributed by atoms with E-state index >= 15 is 0 Å². The molecule has 0 bridgehead atoms. The molecule has 0 saturated carbocycles. The van der Waals surface area contributed by atoms with Crippen LogP contribution in [-0.4, -0.2) is 33.0 Å². The molecule has 0 atom stereocenters. The minimum atomic E-state index is -1.08. The predicted molar refractivity (Wildman–Crippen MR) is 102 cm³/mol. The maximum absolute atomic E-state index is 13.3. The molecule has 6 nitrogen and oxygen atoms in total. The largest absolute Gasteiger partial charge is 0.333 e. The van der Waals surface area contributed by atoms with E-state index in [1.54, 1.807) is 17.0 Å². The van der Waals surface area contributed by atoms with E-state index in [1.807, 2.05) is 0 Å². The lowest BCUT2D eigenvalue weighted by atomic mass is 10.2. The summed E-state index contributed by atoms with van der Waals surface area (Å²) in [5, 5.41) is 6.63. The molecule has 0 spiro atoms. The van der Waals surface area contributed by atoms with E-state index in [9.17, 15) is 22.8 Å². The fourth-order valence-electron chi connectivity index (χ4n) is 3.28. The number of halogens is 3. The van der Waals surface area contributed by atoms with Crippen LogP contribution in [0.3, 0.4) is 0 Å². The molecule has 30 heavy (non-hydrogen) atoms. The van der Waals surface area contributed by atoms with Gasteiger partial charge in [-0.3, -0.25) is 14.3 Å². The topological polar surface area (TPSA) is 67.2 Å². The molecule has 9 heteroatoms. The summed E-state index contributed by atoms with van der Waals surface area (Å²) in [4.78, 5) is 27.0. The van der Waals surface area contributed by atoms with Crippen LogP contribution in [0.25, 0.3) is 0 Å². The van der Waals surface area contributed by atoms with E-state index in [0.717, 1.165) is 17.7 Å². The van der Waals surface area contributed by atoms with Gasteiger partial charge in [0.15, 0.2) is 17.3 Å². The van der Waals surface area contributed by atoms with Crippen molar-refractivity contribution in [3.8, 4) is 0 Å². The number of fused-ring (bicyclic) bond motifs is 1. The lowest BCUT2D eigenvalue weighted by Gasteiger charge is -2.20. The molecule has 0 radical (unpaired) electrons. The van der Waals surface area contributed by atoms with Crippen molar-refractivity contribution in [1.29, 1.82) is 0 Å². The molecule has 1 aliphatic heterocycles. The number of carbonyl (C=O) groups is 2. The van der Waals surface area contributed by atoms with Crippen LogP contribution in [0.15, 0.2) is 48.5 Å². The van der Waals surface area contributed by atoms with Crippen LogP contribution in [0.5, 0.6) is 0 Å². The summed E-state index contributed by atoms with van der Waals surface area (Å²) in [6.07, 6.45) is 0.631. The molecule has 3 aromatic rings. The number of hydrogen-bond donors (Lipinski definition) is 1. The summed E-state index contributed by atoms with van der Waals surface area (Å²) in [6, 6.07) is 10.3. The lowest BCUT2D eigenvalue weighted by molar-refractivity contribution is 0.0745. The Hall–Kier alpha value is -3.62. The fourth-order valence-corrected chi connectivity index (χ4v) is 3.28. The van der Waals surface area contributed by atoms with Gasteiger partial charge in [0.25, 0.3) is 11.8 Å². The number of rotatable bonds is 4. The van der Waals surface area contributed by atoms with Crippen molar-refractivity contribution in [2.75, 3.05) is 11.9 Å². The summed E-state index contributed by atoms with van der Waals surface area (Å²) in [5.74, 6) is -3.39. The maximum Gasteiger partial charge on any atom is 0.276 e. The molecular formula is C21H17F3N4O2. The Labute approximate surface area is 169 Å². The van der Waals surface area contributed by atoms with Crippen LogP contribution < -0.4 is 5.32 Å². The Morgan fingerprint density at radius 1 is 1.00 bits per heavy atom. The summed E-state index contributed by atoms with van der Waals surface area (Å²) in [7, 11) is 0. The van der Waals surface area contributed by atoms with Gasteiger partial charge in [0.1, 0.15) is 11.5 Å². The van der Waals surface area contributed by atoms with Crippen molar-refractivity contribution in [3.05, 3.63) is 82.9 Å². The summed E-state index contributed by atoms with van der Waals surface area (Å²) >= 11 is 0. The standard InChI is InChI=1S/C21H17F3N4O2/c22-14-4-2-13(3-5-14)12-27-8-1-9-28-19(21(27)30)11-18(26-28)20(29)25-15-6-7-16(23)17(24)10-15/h2-7,10-11H,1,8-9,12H2,(H,25,29). The zero-order valence-electron chi connectivity index (χ0n) is 15.7. The van der Waals surface area contributed by atoms with Crippen molar-refractivity contribution in [1.82, 2.24) is 14.7 Å². The van der Waals surface area contributed by atoms with Crippen LogP contribution in [0.1, 0.15) is 33.0 Å². The number of hydrogen-bond acceptors (Lipinski definition) is 3. The normalized spacial score (nSPS) is 13.7. The number of amides is 2. The highest BCUT2D eigenvalue weighted by Gasteiger charge is 2.26. The second kappa shape index (κ2) is 8.02. The number of aromatic nitrogens is 2. The first-order valence-corrected chi connectivity index (χ1v) is 9.29. The van der Waals surface area contributed by atoms with E-state index in [0.29, 0.717) is 26.1 Å². The van der Waals surface area contributed by atoms with Crippen molar-refractivity contribution in [3.63, 3.8) is 0 Å². The van der Waals surface area contributed by atoms with Crippen molar-refractivity contribution in [2.24, 2.45) is 0 Å². The zero-order chi connectivity index (χ0) is 21.3. The van der Waals surface area contributed by atoms with Crippen LogP contribution in [0.2, 0.25) is 0 Å². The molecule has 1 aliphatic rings. The summed E-state index contributed by atoms with van der Waals surface area (Å²) in [6.45, 7) is 1.25. The molecule has 154 valence electrons. The van der Waals surface area contributed by atoms with E-state index in [-0.39, 0.29) is 28.8 Å². The average molecular weight is 414 g/mol. The number of nitrogens with one attached hydrogen (secondary N) is 1. The molecule has 1 aromatic heterocycles. The monoisotopic (exact) mass is 414 g/mol. The third-order valence-corrected chi connectivity index (χ3v) is 4.78. The Balaban J connectivity index is 1.52. The van der Waals surface area contributed by atoms with Gasteiger partial charge < -0.3 is 10.2 Å². The first-order valence-electron chi connectivity index (χ1n) is 9.29. The molecule has 2 amide bonds. The van der Waals surface area contributed by atoms with Gasteiger partial charge in [-0.2, -0.15) is 5.10 Å². The smallest absolute Gasteiger partial charge is 0.276 e. The van der Waals surface area contributed by atoms with Gasteiger partial charge in [0, 0.05) is 37.5 Å². The van der Waals surface area contributed by atoms with Crippen molar-refractivity contribution >= 4 is 17.5 Å². The second-order valence-corrected chi connectivity index (χ2v) is 6.93. The number of nitrogens with zero attached hydrogens (tertiary/aromatic N) is 3. The van der Waals surface area contributed by atoms with Crippen LogP contribution in [0, 0.1) is 17.5 Å². The number of carbonyl (C=O) groups excluding carboxylic acids is 2. The van der Waals surface area contributed by atoms with E-state index in [2.05, 4.69) is 10.4 Å². The molecule has 2 aromatic carbocycles. The Morgan fingerprint density at radius 2 is 1.77 bits per heavy atom. The van der Waals surface area contributed by atoms with Gasteiger partial charge in [-0.25, -0.2) is 13.2 Å². The van der Waals surface area contributed by atoms with Gasteiger partial charge in [0.05, 0.1) is 0 Å². The highest BCUT2D eigenvalue weighted by Crippen LogP contribution is 2.19. The SMILES string of the molecule is O=C(Nc1ccc(F)c(F)c1)c1cc2n(n1)CCCN(Cc1ccc(F)cc1)C2=O. The molecule has 2 heterocycles. The van der Waals surface area contributed by atoms with E-state index in [4.69, 9.17) is 0 Å². The molecule has 0 aliphatic carbocycles. The Morgan fingerprint density at radius 3 is 2.50 bits per heavy atom. The summed E-state index contributed by atoms with van der Waals surface area (Å²) in [5.41, 5.74) is 1.11. The molecule has 0 fully saturated rings. The number of anilines is 1. The second-order valence-electron chi connectivity index (χ2n) is 6.93. The first-order chi connectivity index (χ1) is 14.4. The van der Waals surface area contributed by atoms with Gasteiger partial charge in [0.2, 0.25) is 0 Å². The van der Waals surface area contributed by atoms with E-state index in [1.165, 1.54) is 28.9 Å². The van der Waals surface area contributed by atoms with E-state index < -0.39 is 17.5 Å². The molecule has 1 N–H and O–H groups in total. The van der Waals surface area contributed by atoms with Crippen LogP contribution in [-0.2, 0) is 13.1 Å². The van der Waals surface area contributed by atoms with Crippen molar-refractivity contribution < 1.29 is 22.8 Å². The van der Waals surface area contributed by atoms with Gasteiger partial charge in [-0.05, 0) is 36.2 Å². The predicted octanol–water partition coefficient (Wildman–Crippen LogP) is 3.60. The Kier molecular flexibility index (Phi) is 5.26. The quantitative estimate of drug-likeness (QED) is 0.710. The van der Waals surface area contributed by atoms with Gasteiger partial charge in [-0.1, -0.05) is 12.1 Å². The lowest BCUT2D eigenvalue weighted by Crippen LogP contribution is -2.30. The van der Waals surface area contributed by atoms with Crippen LogP contribution >= 0.6 is 0 Å². The fraction of sp³-hybridized carbons (Fsp3) is 0.190. The van der Waals surface area contributed by atoms with Gasteiger partial charge in [-0.15, -0.1) is 0 Å². The third kappa shape index (κ3) is 4.05. The minimum absolute atomic E-state index is 0.00767. The number of aryl methyl sites for hydroxylation is 1. The van der Waals surface area contributed by atoms with Crippen LogP contribution in [0.4, 0.5) is 18.9 Å². The number of benzene rings is 2. The maximum atomic E-state index is 13.3. The Bertz CT molecular complexity index is 1110. The third-order valence-electron chi connectivity index (χ3n) is 4.78. The first kappa shape index (κ1) is 19.7. The van der Waals surface area contributed by atoms with Crippen molar-refractivity contribution in [2.45, 2.75) is 19.5 Å². The van der Waals surface area contributed by atoms with Gasteiger partial charge >= 0.3 is 0 Å². The molecule has 0 saturated heterocycles. The summed E-state index contributed by atoms with van der Waals surface area (Å²) < 4.78 is 41.0. The highest BCUT2D eigenvalue weighted by atomic mass is 19.2. The zero-order valence-corrected chi connectivity index (χ0v) is 15.7. The minimum Gasteiger partial charge on any atom is -0.333 e. The molecule has 0 unspecified atom stereocenters. The molecule has 4 rings (SSSR count). The average Bonchev–Trinajstić information content (AvgIpc) is 3.09.